The minimum atomic E-state index is 0.406. The first kappa shape index (κ1) is 14.5. The number of hydrogen-bond donors (Lipinski definition) is 1. The average molecular weight is 299 g/mol. The molecule has 3 rings (SSSR count). The molecule has 0 spiro atoms. The number of thioether (sulfide) groups is 1. The predicted octanol–water partition coefficient (Wildman–Crippen LogP) is 3.81. The van der Waals surface area contributed by atoms with Crippen molar-refractivity contribution >= 4 is 11.8 Å². The van der Waals surface area contributed by atoms with Crippen molar-refractivity contribution in [2.45, 2.75) is 23.5 Å². The Morgan fingerprint density at radius 1 is 1.19 bits per heavy atom. The molecule has 0 bridgehead atoms. The van der Waals surface area contributed by atoms with Crippen molar-refractivity contribution in [3.8, 4) is 5.75 Å². The number of rotatable bonds is 5. The van der Waals surface area contributed by atoms with Crippen molar-refractivity contribution in [3.63, 3.8) is 0 Å². The Labute approximate surface area is 130 Å². The summed E-state index contributed by atoms with van der Waals surface area (Å²) in [6, 6.07) is 17.6. The lowest BCUT2D eigenvalue weighted by atomic mass is 10.1. The molecular weight excluding hydrogens is 278 g/mol. The normalized spacial score (nSPS) is 20.3. The van der Waals surface area contributed by atoms with Gasteiger partial charge in [-0.25, -0.2) is 0 Å². The molecule has 2 atom stereocenters. The van der Waals surface area contributed by atoms with Gasteiger partial charge in [0, 0.05) is 17.0 Å². The standard InChI is InChI=1S/C18H21NOS/c1-19-18-16-11-15(20-2)9-8-14(16)10-17(18)21-12-13-6-4-3-5-7-13/h3-9,11,17-19H,10,12H2,1-2H3. The van der Waals surface area contributed by atoms with Gasteiger partial charge in [0.2, 0.25) is 0 Å². The summed E-state index contributed by atoms with van der Waals surface area (Å²) in [6.07, 6.45) is 1.13. The average Bonchev–Trinajstić information content (AvgIpc) is 2.90. The SMILES string of the molecule is CNC1c2cc(OC)ccc2CC1SCc1ccccc1. The molecule has 21 heavy (non-hydrogen) atoms. The van der Waals surface area contributed by atoms with Crippen LogP contribution in [0.25, 0.3) is 0 Å². The Hall–Kier alpha value is -1.45. The number of ether oxygens (including phenoxy) is 1. The molecule has 1 aliphatic carbocycles. The third-order valence-corrected chi connectivity index (χ3v) is 5.47. The smallest absolute Gasteiger partial charge is 0.119 e. The monoisotopic (exact) mass is 299 g/mol. The maximum Gasteiger partial charge on any atom is 0.119 e. The van der Waals surface area contributed by atoms with E-state index in [9.17, 15) is 0 Å². The van der Waals surface area contributed by atoms with Crippen LogP contribution in [0, 0.1) is 0 Å². The first-order valence-corrected chi connectivity index (χ1v) is 8.36. The van der Waals surface area contributed by atoms with Gasteiger partial charge in [-0.15, -0.1) is 0 Å². The quantitative estimate of drug-likeness (QED) is 0.907. The Morgan fingerprint density at radius 3 is 2.71 bits per heavy atom. The van der Waals surface area contributed by atoms with Gasteiger partial charge in [-0.05, 0) is 42.3 Å². The lowest BCUT2D eigenvalue weighted by molar-refractivity contribution is 0.413. The van der Waals surface area contributed by atoms with Gasteiger partial charge in [-0.3, -0.25) is 0 Å². The summed E-state index contributed by atoms with van der Waals surface area (Å²) in [5, 5.41) is 4.06. The van der Waals surface area contributed by atoms with Gasteiger partial charge in [0.1, 0.15) is 5.75 Å². The summed E-state index contributed by atoms with van der Waals surface area (Å²) >= 11 is 2.04. The van der Waals surface area contributed by atoms with E-state index in [1.807, 2.05) is 11.8 Å². The molecule has 0 aliphatic heterocycles. The Morgan fingerprint density at radius 2 is 2.00 bits per heavy atom. The second-order valence-corrected chi connectivity index (χ2v) is 6.60. The zero-order valence-electron chi connectivity index (χ0n) is 12.5. The number of fused-ring (bicyclic) bond motifs is 1. The van der Waals surface area contributed by atoms with Crippen molar-refractivity contribution in [1.82, 2.24) is 5.32 Å². The van der Waals surface area contributed by atoms with E-state index < -0.39 is 0 Å². The van der Waals surface area contributed by atoms with Crippen molar-refractivity contribution in [2.75, 3.05) is 14.2 Å². The molecule has 110 valence electrons. The van der Waals surface area contributed by atoms with Gasteiger partial charge in [-0.2, -0.15) is 11.8 Å². The maximum absolute atomic E-state index is 5.36. The number of methoxy groups -OCH3 is 1. The molecular formula is C18H21NOS. The van der Waals surface area contributed by atoms with Gasteiger partial charge in [-0.1, -0.05) is 36.4 Å². The first-order valence-electron chi connectivity index (χ1n) is 7.31. The van der Waals surface area contributed by atoms with Crippen LogP contribution in [0.15, 0.2) is 48.5 Å². The Balaban J connectivity index is 1.73. The van der Waals surface area contributed by atoms with Crippen LogP contribution in [-0.4, -0.2) is 19.4 Å². The van der Waals surface area contributed by atoms with Crippen LogP contribution >= 0.6 is 11.8 Å². The van der Waals surface area contributed by atoms with Gasteiger partial charge in [0.05, 0.1) is 7.11 Å². The van der Waals surface area contributed by atoms with Crippen molar-refractivity contribution < 1.29 is 4.74 Å². The van der Waals surface area contributed by atoms with E-state index in [2.05, 4.69) is 60.9 Å². The van der Waals surface area contributed by atoms with Gasteiger partial charge < -0.3 is 10.1 Å². The first-order chi connectivity index (χ1) is 10.3. The van der Waals surface area contributed by atoms with Gasteiger partial charge in [0.25, 0.3) is 0 Å². The highest BCUT2D eigenvalue weighted by atomic mass is 32.2. The maximum atomic E-state index is 5.36. The number of benzene rings is 2. The molecule has 2 nitrogen and oxygen atoms in total. The lowest BCUT2D eigenvalue weighted by Crippen LogP contribution is -2.23. The van der Waals surface area contributed by atoms with Crippen LogP contribution in [-0.2, 0) is 12.2 Å². The second kappa shape index (κ2) is 6.54. The fraction of sp³-hybridized carbons (Fsp3) is 0.333. The molecule has 3 heteroatoms. The summed E-state index contributed by atoms with van der Waals surface area (Å²) in [7, 11) is 3.78. The van der Waals surface area contributed by atoms with Crippen LogP contribution in [0.4, 0.5) is 0 Å². The van der Waals surface area contributed by atoms with E-state index in [-0.39, 0.29) is 0 Å². The Bertz CT molecular complexity index is 599. The van der Waals surface area contributed by atoms with E-state index >= 15 is 0 Å². The third-order valence-electron chi connectivity index (χ3n) is 4.10. The largest absolute Gasteiger partial charge is 0.497 e. The van der Waals surface area contributed by atoms with E-state index in [1.54, 1.807) is 7.11 Å². The summed E-state index contributed by atoms with van der Waals surface area (Å²) in [4.78, 5) is 0. The highest BCUT2D eigenvalue weighted by Crippen LogP contribution is 2.40. The molecule has 2 unspecified atom stereocenters. The van der Waals surface area contributed by atoms with E-state index in [0.29, 0.717) is 11.3 Å². The molecule has 0 heterocycles. The van der Waals surface area contributed by atoms with Gasteiger partial charge >= 0.3 is 0 Å². The van der Waals surface area contributed by atoms with Crippen molar-refractivity contribution in [3.05, 3.63) is 65.2 Å². The number of hydrogen-bond acceptors (Lipinski definition) is 3. The molecule has 2 aromatic rings. The highest BCUT2D eigenvalue weighted by molar-refractivity contribution is 7.99. The molecule has 1 N–H and O–H groups in total. The van der Waals surface area contributed by atoms with E-state index in [4.69, 9.17) is 4.74 Å². The summed E-state index contributed by atoms with van der Waals surface area (Å²) in [6.45, 7) is 0. The fourth-order valence-electron chi connectivity index (χ4n) is 2.98. The summed E-state index contributed by atoms with van der Waals surface area (Å²) in [5.74, 6) is 2.01. The van der Waals surface area contributed by atoms with Crippen LogP contribution in [0.3, 0.4) is 0 Å². The topological polar surface area (TPSA) is 21.3 Å². The molecule has 0 saturated heterocycles. The van der Waals surface area contributed by atoms with E-state index in [1.165, 1.54) is 16.7 Å². The molecule has 0 aromatic heterocycles. The number of nitrogens with one attached hydrogen (secondary N) is 1. The fourth-order valence-corrected chi connectivity index (χ4v) is 4.36. The zero-order chi connectivity index (χ0) is 14.7. The van der Waals surface area contributed by atoms with Crippen LogP contribution in [0.5, 0.6) is 5.75 Å². The van der Waals surface area contributed by atoms with Crippen molar-refractivity contribution in [2.24, 2.45) is 0 Å². The van der Waals surface area contributed by atoms with Crippen LogP contribution in [0.1, 0.15) is 22.7 Å². The molecule has 0 radical (unpaired) electrons. The molecule has 0 fully saturated rings. The summed E-state index contributed by atoms with van der Waals surface area (Å²) < 4.78 is 5.36. The molecule has 0 saturated carbocycles. The van der Waals surface area contributed by atoms with Crippen LogP contribution < -0.4 is 10.1 Å². The van der Waals surface area contributed by atoms with Crippen molar-refractivity contribution in [1.29, 1.82) is 0 Å². The minimum Gasteiger partial charge on any atom is -0.497 e. The summed E-state index contributed by atoms with van der Waals surface area (Å²) in [5.41, 5.74) is 4.23. The minimum absolute atomic E-state index is 0.406. The van der Waals surface area contributed by atoms with Gasteiger partial charge in [0.15, 0.2) is 0 Å². The highest BCUT2D eigenvalue weighted by Gasteiger charge is 2.31. The van der Waals surface area contributed by atoms with E-state index in [0.717, 1.165) is 17.9 Å². The molecule has 2 aromatic carbocycles. The lowest BCUT2D eigenvalue weighted by Gasteiger charge is -2.19. The second-order valence-electron chi connectivity index (χ2n) is 5.37. The predicted molar refractivity (Wildman–Crippen MR) is 90.0 cm³/mol. The Kier molecular flexibility index (Phi) is 4.51. The molecule has 0 amide bonds. The zero-order valence-corrected chi connectivity index (χ0v) is 13.3. The van der Waals surface area contributed by atoms with Crippen LogP contribution in [0.2, 0.25) is 0 Å². The molecule has 1 aliphatic rings. The third kappa shape index (κ3) is 3.09.